The van der Waals surface area contributed by atoms with Crippen molar-refractivity contribution in [3.8, 4) is 0 Å². The summed E-state index contributed by atoms with van der Waals surface area (Å²) in [6.07, 6.45) is -0.466. The van der Waals surface area contributed by atoms with Crippen molar-refractivity contribution in [3.05, 3.63) is 35.9 Å². The second-order valence-corrected chi connectivity index (χ2v) is 6.67. The summed E-state index contributed by atoms with van der Waals surface area (Å²) in [6, 6.07) is 5.88. The number of rotatable bonds is 11. The largest absolute Gasteiger partial charge is 0.481 e. The average molecular weight is 411 g/mol. The highest BCUT2D eigenvalue weighted by Gasteiger charge is 2.25. The lowest BCUT2D eigenvalue weighted by atomic mass is 10.1. The number of amides is 2. The fraction of sp³-hybridized carbons (Fsp3) is 0.353. The van der Waals surface area contributed by atoms with Crippen LogP contribution in [0.25, 0.3) is 0 Å². The van der Waals surface area contributed by atoms with E-state index in [2.05, 4.69) is 10.6 Å². The minimum absolute atomic E-state index is 0.138. The van der Waals surface area contributed by atoms with E-state index in [1.54, 1.807) is 30.3 Å². The molecule has 2 amide bonds. The first-order valence-electron chi connectivity index (χ1n) is 8.20. The molecule has 1 aromatic carbocycles. The van der Waals surface area contributed by atoms with Gasteiger partial charge in [0.1, 0.15) is 12.6 Å². The zero-order valence-corrected chi connectivity index (χ0v) is 15.6. The summed E-state index contributed by atoms with van der Waals surface area (Å²) in [6.45, 7) is -0.659. The third-order valence-corrected chi connectivity index (χ3v) is 4.44. The van der Waals surface area contributed by atoms with E-state index in [1.165, 1.54) is 0 Å². The Bertz CT molecular complexity index is 727. The molecule has 1 aromatic rings. The van der Waals surface area contributed by atoms with Gasteiger partial charge in [0.15, 0.2) is 0 Å². The molecule has 28 heavy (non-hydrogen) atoms. The molecule has 2 atom stereocenters. The predicted octanol–water partition coefficient (Wildman–Crippen LogP) is -0.562. The van der Waals surface area contributed by atoms with Crippen LogP contribution in [0.2, 0.25) is 0 Å². The maximum absolute atomic E-state index is 12.2. The van der Waals surface area contributed by atoms with Gasteiger partial charge in [0, 0.05) is 17.7 Å². The molecule has 0 aromatic heterocycles. The number of carbonyl (C=O) groups excluding carboxylic acids is 3. The monoisotopic (exact) mass is 411 g/mol. The number of hydrogen-bond donors (Lipinski definition) is 5. The van der Waals surface area contributed by atoms with Crippen molar-refractivity contribution >= 4 is 40.6 Å². The van der Waals surface area contributed by atoms with Gasteiger partial charge in [-0.15, -0.1) is 0 Å². The molecule has 0 saturated carbocycles. The van der Waals surface area contributed by atoms with Crippen molar-refractivity contribution in [2.24, 2.45) is 5.73 Å². The van der Waals surface area contributed by atoms with Crippen molar-refractivity contribution < 1.29 is 34.2 Å². The van der Waals surface area contributed by atoms with Gasteiger partial charge in [-0.2, -0.15) is 0 Å². The summed E-state index contributed by atoms with van der Waals surface area (Å²) >= 11 is 0.775. The van der Waals surface area contributed by atoms with E-state index in [0.29, 0.717) is 5.56 Å². The predicted molar refractivity (Wildman–Crippen MR) is 101 cm³/mol. The first-order chi connectivity index (χ1) is 13.2. The van der Waals surface area contributed by atoms with Gasteiger partial charge < -0.3 is 26.6 Å². The molecule has 152 valence electrons. The van der Waals surface area contributed by atoms with Crippen LogP contribution in [0.3, 0.4) is 0 Å². The molecule has 11 heteroatoms. The van der Waals surface area contributed by atoms with Crippen molar-refractivity contribution in [2.75, 3.05) is 12.3 Å². The second-order valence-electron chi connectivity index (χ2n) is 5.68. The van der Waals surface area contributed by atoms with Crippen LogP contribution in [0.4, 0.5) is 0 Å². The fourth-order valence-electron chi connectivity index (χ4n) is 1.97. The molecule has 6 N–H and O–H groups in total. The highest BCUT2D eigenvalue weighted by atomic mass is 32.2. The van der Waals surface area contributed by atoms with E-state index in [4.69, 9.17) is 15.9 Å². The van der Waals surface area contributed by atoms with Crippen LogP contribution in [0, 0.1) is 0 Å². The van der Waals surface area contributed by atoms with Gasteiger partial charge in [0.05, 0.1) is 6.04 Å². The molecule has 0 fully saturated rings. The molecular formula is C17H21N3O7S. The first kappa shape index (κ1) is 23.1. The normalized spacial score (nSPS) is 12.5. The van der Waals surface area contributed by atoms with Crippen molar-refractivity contribution in [3.63, 3.8) is 0 Å². The first-order valence-corrected chi connectivity index (χ1v) is 9.18. The Morgan fingerprint density at radius 2 is 1.64 bits per heavy atom. The molecule has 0 aliphatic rings. The summed E-state index contributed by atoms with van der Waals surface area (Å²) in [4.78, 5) is 57.6. The van der Waals surface area contributed by atoms with E-state index < -0.39 is 42.4 Å². The maximum Gasteiger partial charge on any atom is 0.322 e. The van der Waals surface area contributed by atoms with E-state index >= 15 is 0 Å². The topological polar surface area (TPSA) is 176 Å². The molecule has 0 unspecified atom stereocenters. The lowest BCUT2D eigenvalue weighted by Crippen LogP contribution is -2.53. The number of aliphatic carboxylic acids is 2. The third-order valence-electron chi connectivity index (χ3n) is 3.44. The Morgan fingerprint density at radius 3 is 2.21 bits per heavy atom. The smallest absolute Gasteiger partial charge is 0.322 e. The molecule has 1 rings (SSSR count). The van der Waals surface area contributed by atoms with Gasteiger partial charge in [-0.1, -0.05) is 42.1 Å². The number of thioether (sulfide) groups is 1. The fourth-order valence-corrected chi connectivity index (χ4v) is 2.83. The molecular weight excluding hydrogens is 390 g/mol. The summed E-state index contributed by atoms with van der Waals surface area (Å²) in [5.74, 6) is -4.12. The standard InChI is InChI=1S/C17H21N3O7S/c18-11(6-7-13(21)22)15(25)20-12(16(26)19-8-14(23)24)9-28-17(27)10-4-2-1-3-5-10/h1-5,11-12H,6-9,18H2,(H,19,26)(H,20,25)(H,21,22)(H,23,24)/t11-,12-/m0/s1. The zero-order valence-electron chi connectivity index (χ0n) is 14.8. The van der Waals surface area contributed by atoms with E-state index in [1.807, 2.05) is 0 Å². The molecule has 0 saturated heterocycles. The van der Waals surface area contributed by atoms with Gasteiger partial charge in [-0.25, -0.2) is 0 Å². The van der Waals surface area contributed by atoms with Gasteiger partial charge >= 0.3 is 11.9 Å². The molecule has 10 nitrogen and oxygen atoms in total. The van der Waals surface area contributed by atoms with Crippen LogP contribution in [0.1, 0.15) is 23.2 Å². The quantitative estimate of drug-likeness (QED) is 0.319. The Labute approximate surface area is 164 Å². The van der Waals surface area contributed by atoms with Crippen LogP contribution in [0.5, 0.6) is 0 Å². The molecule has 0 aliphatic carbocycles. The third kappa shape index (κ3) is 8.64. The van der Waals surface area contributed by atoms with Gasteiger partial charge in [0.25, 0.3) is 0 Å². The van der Waals surface area contributed by atoms with E-state index in [-0.39, 0.29) is 23.7 Å². The highest BCUT2D eigenvalue weighted by Crippen LogP contribution is 2.13. The van der Waals surface area contributed by atoms with Crippen molar-refractivity contribution in [1.29, 1.82) is 0 Å². The molecule has 0 bridgehead atoms. The molecule has 0 spiro atoms. The number of carboxylic acids is 2. The number of nitrogens with one attached hydrogen (secondary N) is 2. The molecule has 0 aliphatic heterocycles. The summed E-state index contributed by atoms with van der Waals surface area (Å²) in [7, 11) is 0. The van der Waals surface area contributed by atoms with Crippen molar-refractivity contribution in [1.82, 2.24) is 10.6 Å². The Morgan fingerprint density at radius 1 is 1.00 bits per heavy atom. The van der Waals surface area contributed by atoms with Gasteiger partial charge in [-0.3, -0.25) is 24.0 Å². The van der Waals surface area contributed by atoms with Gasteiger partial charge in [-0.05, 0) is 6.42 Å². The Kier molecular flexibility index (Phi) is 9.68. The second kappa shape index (κ2) is 11.7. The lowest BCUT2D eigenvalue weighted by Gasteiger charge is -2.19. The SMILES string of the molecule is N[C@@H](CCC(=O)O)C(=O)N[C@@H](CSC(=O)c1ccccc1)C(=O)NCC(=O)O. The van der Waals surface area contributed by atoms with Crippen LogP contribution in [0.15, 0.2) is 30.3 Å². The minimum atomic E-state index is -1.27. The van der Waals surface area contributed by atoms with Crippen LogP contribution in [-0.4, -0.2) is 63.5 Å². The average Bonchev–Trinajstić information content (AvgIpc) is 2.67. The zero-order chi connectivity index (χ0) is 21.1. The lowest BCUT2D eigenvalue weighted by molar-refractivity contribution is -0.138. The minimum Gasteiger partial charge on any atom is -0.481 e. The van der Waals surface area contributed by atoms with Crippen LogP contribution < -0.4 is 16.4 Å². The highest BCUT2D eigenvalue weighted by molar-refractivity contribution is 8.14. The molecule has 0 radical (unpaired) electrons. The summed E-state index contributed by atoms with van der Waals surface area (Å²) < 4.78 is 0. The number of carbonyl (C=O) groups is 5. The van der Waals surface area contributed by atoms with Crippen LogP contribution in [-0.2, 0) is 19.2 Å². The molecule has 0 heterocycles. The Balaban J connectivity index is 2.73. The van der Waals surface area contributed by atoms with Crippen LogP contribution >= 0.6 is 11.8 Å². The maximum atomic E-state index is 12.2. The number of hydrogen-bond acceptors (Lipinski definition) is 7. The number of carboxylic acid groups (broad SMARTS) is 2. The van der Waals surface area contributed by atoms with E-state index in [9.17, 15) is 24.0 Å². The van der Waals surface area contributed by atoms with Crippen molar-refractivity contribution in [2.45, 2.75) is 24.9 Å². The van der Waals surface area contributed by atoms with E-state index in [0.717, 1.165) is 11.8 Å². The summed E-state index contributed by atoms with van der Waals surface area (Å²) in [5.41, 5.74) is 6.01. The number of benzene rings is 1. The Hall–Kier alpha value is -2.92. The number of nitrogens with two attached hydrogens (primary N) is 1. The van der Waals surface area contributed by atoms with Gasteiger partial charge in [0.2, 0.25) is 16.9 Å². The summed E-state index contributed by atoms with van der Waals surface area (Å²) in [5, 5.41) is 21.4.